The molecule has 24 heavy (non-hydrogen) atoms. The van der Waals surface area contributed by atoms with Gasteiger partial charge >= 0.3 is 0 Å². The van der Waals surface area contributed by atoms with Crippen LogP contribution < -0.4 is 19.5 Å². The van der Waals surface area contributed by atoms with Crippen molar-refractivity contribution in [2.24, 2.45) is 0 Å². The molecule has 0 amide bonds. The summed E-state index contributed by atoms with van der Waals surface area (Å²) < 4.78 is 16.8. The molecule has 1 aliphatic rings. The van der Waals surface area contributed by atoms with Crippen LogP contribution in [0.2, 0.25) is 0 Å². The number of nitrogens with one attached hydrogen (secondary N) is 1. The Balaban J connectivity index is 1.74. The summed E-state index contributed by atoms with van der Waals surface area (Å²) in [5.41, 5.74) is 2.11. The first-order valence-corrected chi connectivity index (χ1v) is 8.35. The van der Waals surface area contributed by atoms with Gasteiger partial charge in [-0.25, -0.2) is 0 Å². The first-order chi connectivity index (χ1) is 11.5. The highest BCUT2D eigenvalue weighted by molar-refractivity contribution is 5.46. The summed E-state index contributed by atoms with van der Waals surface area (Å²) in [6.45, 7) is 9.44. The van der Waals surface area contributed by atoms with Crippen LogP contribution in [0.15, 0.2) is 42.5 Å². The van der Waals surface area contributed by atoms with Crippen molar-refractivity contribution in [1.82, 2.24) is 5.32 Å². The van der Waals surface area contributed by atoms with E-state index in [0.29, 0.717) is 6.79 Å². The molecule has 2 aromatic rings. The lowest BCUT2D eigenvalue weighted by molar-refractivity contribution is 0.174. The minimum Gasteiger partial charge on any atom is -0.491 e. The van der Waals surface area contributed by atoms with Crippen molar-refractivity contribution in [3.63, 3.8) is 0 Å². The third-order valence-corrected chi connectivity index (χ3v) is 4.15. The van der Waals surface area contributed by atoms with E-state index in [2.05, 4.69) is 31.3 Å². The zero-order valence-corrected chi connectivity index (χ0v) is 14.8. The Morgan fingerprint density at radius 3 is 2.62 bits per heavy atom. The Hall–Kier alpha value is -2.20. The smallest absolute Gasteiger partial charge is 0.231 e. The molecule has 0 saturated carbocycles. The molecular formula is C20H25NO3. The predicted molar refractivity (Wildman–Crippen MR) is 94.6 cm³/mol. The number of fused-ring (bicyclic) bond motifs is 1. The molecule has 0 fully saturated rings. The van der Waals surface area contributed by atoms with E-state index in [0.717, 1.165) is 34.9 Å². The van der Waals surface area contributed by atoms with Gasteiger partial charge in [-0.1, -0.05) is 24.3 Å². The van der Waals surface area contributed by atoms with Crippen molar-refractivity contribution >= 4 is 0 Å². The largest absolute Gasteiger partial charge is 0.491 e. The normalized spacial score (nSPS) is 13.4. The molecule has 3 rings (SSSR count). The number of benzene rings is 2. The molecule has 4 nitrogen and oxygen atoms in total. The third-order valence-electron chi connectivity index (χ3n) is 4.15. The third kappa shape index (κ3) is 3.65. The van der Waals surface area contributed by atoms with E-state index < -0.39 is 0 Å². The van der Waals surface area contributed by atoms with Crippen molar-refractivity contribution in [3.8, 4) is 17.2 Å². The molecule has 1 aliphatic heterocycles. The zero-order chi connectivity index (χ0) is 17.2. The molecule has 2 aromatic carbocycles. The number of hydrogen-bond donors (Lipinski definition) is 1. The Bertz CT molecular complexity index is 710. The fraction of sp³-hybridized carbons (Fsp3) is 0.400. The molecule has 0 radical (unpaired) electrons. The second kappa shape index (κ2) is 6.73. The van der Waals surface area contributed by atoms with Gasteiger partial charge in [-0.15, -0.1) is 0 Å². The number of para-hydroxylation sites is 1. The van der Waals surface area contributed by atoms with Gasteiger partial charge in [-0.05, 0) is 51.5 Å². The van der Waals surface area contributed by atoms with Crippen LogP contribution in [0, 0.1) is 0 Å². The topological polar surface area (TPSA) is 39.7 Å². The molecule has 128 valence electrons. The molecule has 1 N–H and O–H groups in total. The highest BCUT2D eigenvalue weighted by atomic mass is 16.7. The van der Waals surface area contributed by atoms with Gasteiger partial charge in [0.25, 0.3) is 0 Å². The van der Waals surface area contributed by atoms with E-state index in [1.54, 1.807) is 0 Å². The van der Waals surface area contributed by atoms with E-state index in [4.69, 9.17) is 14.2 Å². The molecule has 0 saturated heterocycles. The van der Waals surface area contributed by atoms with E-state index >= 15 is 0 Å². The fourth-order valence-corrected chi connectivity index (χ4v) is 2.72. The van der Waals surface area contributed by atoms with Gasteiger partial charge in [-0.3, -0.25) is 0 Å². The highest BCUT2D eigenvalue weighted by Crippen LogP contribution is 2.35. The first-order valence-electron chi connectivity index (χ1n) is 8.35. The molecule has 0 aromatic heterocycles. The van der Waals surface area contributed by atoms with Crippen molar-refractivity contribution in [2.75, 3.05) is 6.79 Å². The highest BCUT2D eigenvalue weighted by Gasteiger charge is 2.23. The summed E-state index contributed by atoms with van der Waals surface area (Å²) in [6.07, 6.45) is 0.160. The Morgan fingerprint density at radius 2 is 1.83 bits per heavy atom. The summed E-state index contributed by atoms with van der Waals surface area (Å²) in [7, 11) is 0. The average molecular weight is 327 g/mol. The van der Waals surface area contributed by atoms with Crippen LogP contribution in [0.5, 0.6) is 17.2 Å². The minimum absolute atomic E-state index is 0.160. The maximum absolute atomic E-state index is 5.90. The van der Waals surface area contributed by atoms with Crippen LogP contribution in [0.25, 0.3) is 0 Å². The standard InChI is InChI=1S/C20H25NO3/c1-14(2)24-17-8-6-5-7-15(17)12-21-20(3,4)16-9-10-18-19(11-16)23-13-22-18/h5-11,14,21H,12-13H2,1-4H3. The van der Waals surface area contributed by atoms with Crippen LogP contribution in [0.3, 0.4) is 0 Å². The summed E-state index contributed by atoms with van der Waals surface area (Å²) in [5, 5.41) is 3.62. The van der Waals surface area contributed by atoms with Crippen LogP contribution in [-0.4, -0.2) is 12.9 Å². The molecule has 0 spiro atoms. The van der Waals surface area contributed by atoms with Gasteiger partial charge in [0.15, 0.2) is 11.5 Å². The monoisotopic (exact) mass is 327 g/mol. The second-order valence-corrected chi connectivity index (χ2v) is 6.82. The summed E-state index contributed by atoms with van der Waals surface area (Å²) in [6, 6.07) is 14.3. The van der Waals surface area contributed by atoms with Crippen LogP contribution in [0.4, 0.5) is 0 Å². The first kappa shape index (κ1) is 16.7. The number of ether oxygens (including phenoxy) is 3. The maximum atomic E-state index is 5.90. The van der Waals surface area contributed by atoms with Gasteiger partial charge in [-0.2, -0.15) is 0 Å². The molecular weight excluding hydrogens is 302 g/mol. The van der Waals surface area contributed by atoms with E-state index in [1.807, 2.05) is 44.2 Å². The van der Waals surface area contributed by atoms with Crippen molar-refractivity contribution < 1.29 is 14.2 Å². The lowest BCUT2D eigenvalue weighted by Crippen LogP contribution is -2.36. The van der Waals surface area contributed by atoms with Gasteiger partial charge in [0.1, 0.15) is 5.75 Å². The quantitative estimate of drug-likeness (QED) is 0.862. The minimum atomic E-state index is -0.202. The summed E-state index contributed by atoms with van der Waals surface area (Å²) in [5.74, 6) is 2.55. The Kier molecular flexibility index (Phi) is 4.67. The van der Waals surface area contributed by atoms with E-state index in [1.165, 1.54) is 0 Å². The van der Waals surface area contributed by atoms with Crippen molar-refractivity contribution in [2.45, 2.75) is 45.9 Å². The molecule has 4 heteroatoms. The fourth-order valence-electron chi connectivity index (χ4n) is 2.72. The molecule has 0 aliphatic carbocycles. The van der Waals surface area contributed by atoms with Crippen LogP contribution >= 0.6 is 0 Å². The molecule has 0 bridgehead atoms. The SMILES string of the molecule is CC(C)Oc1ccccc1CNC(C)(C)c1ccc2c(c1)OCO2. The lowest BCUT2D eigenvalue weighted by atomic mass is 9.93. The van der Waals surface area contributed by atoms with Gasteiger partial charge in [0.2, 0.25) is 6.79 Å². The second-order valence-electron chi connectivity index (χ2n) is 6.82. The van der Waals surface area contributed by atoms with E-state index in [9.17, 15) is 0 Å². The maximum Gasteiger partial charge on any atom is 0.231 e. The summed E-state index contributed by atoms with van der Waals surface area (Å²) >= 11 is 0. The number of hydrogen-bond acceptors (Lipinski definition) is 4. The molecule has 1 heterocycles. The average Bonchev–Trinajstić information content (AvgIpc) is 3.01. The Morgan fingerprint density at radius 1 is 1.08 bits per heavy atom. The zero-order valence-electron chi connectivity index (χ0n) is 14.8. The van der Waals surface area contributed by atoms with Crippen LogP contribution in [0.1, 0.15) is 38.8 Å². The predicted octanol–water partition coefficient (Wildman–Crippen LogP) is 4.23. The molecule has 0 unspecified atom stereocenters. The summed E-state index contributed by atoms with van der Waals surface area (Å²) in [4.78, 5) is 0. The van der Waals surface area contributed by atoms with Gasteiger partial charge < -0.3 is 19.5 Å². The molecule has 0 atom stereocenters. The Labute approximate surface area is 143 Å². The van der Waals surface area contributed by atoms with Gasteiger partial charge in [0.05, 0.1) is 6.10 Å². The van der Waals surface area contributed by atoms with Crippen molar-refractivity contribution in [1.29, 1.82) is 0 Å². The van der Waals surface area contributed by atoms with Gasteiger partial charge in [0, 0.05) is 17.6 Å². The van der Waals surface area contributed by atoms with Crippen molar-refractivity contribution in [3.05, 3.63) is 53.6 Å². The lowest BCUT2D eigenvalue weighted by Gasteiger charge is -2.28. The van der Waals surface area contributed by atoms with E-state index in [-0.39, 0.29) is 11.6 Å². The number of rotatable bonds is 6. The van der Waals surface area contributed by atoms with Crippen LogP contribution in [-0.2, 0) is 12.1 Å².